The van der Waals surface area contributed by atoms with Crippen molar-refractivity contribution in [1.82, 2.24) is 0 Å². The molecule has 0 saturated carbocycles. The van der Waals surface area contributed by atoms with Crippen LogP contribution in [0.5, 0.6) is 0 Å². The summed E-state index contributed by atoms with van der Waals surface area (Å²) in [6.45, 7) is 10.1. The highest BCUT2D eigenvalue weighted by Crippen LogP contribution is 2.57. The molecule has 2 aromatic carbocycles. The highest BCUT2D eigenvalue weighted by atomic mass is 127. The summed E-state index contributed by atoms with van der Waals surface area (Å²) < 4.78 is 21.2. The van der Waals surface area contributed by atoms with Gasteiger partial charge in [-0.25, -0.2) is 0 Å². The van der Waals surface area contributed by atoms with Gasteiger partial charge in [0.1, 0.15) is 0 Å². The highest BCUT2D eigenvalue weighted by Gasteiger charge is 2.36. The zero-order valence-corrected chi connectivity index (χ0v) is 19.4. The van der Waals surface area contributed by atoms with E-state index in [1.807, 2.05) is 67.6 Å². The van der Waals surface area contributed by atoms with Crippen LogP contribution in [0.15, 0.2) is 69.2 Å². The molecule has 5 heteroatoms. The molecule has 0 aromatic heterocycles. The molecule has 0 radical (unpaired) electrons. The van der Waals surface area contributed by atoms with Crippen molar-refractivity contribution in [2.45, 2.75) is 26.6 Å². The van der Waals surface area contributed by atoms with Crippen molar-refractivity contribution in [3.05, 3.63) is 69.2 Å². The van der Waals surface area contributed by atoms with Crippen molar-refractivity contribution in [3.8, 4) is 0 Å². The van der Waals surface area contributed by atoms with Crippen molar-refractivity contribution in [2.24, 2.45) is 0 Å². The zero-order valence-electron chi connectivity index (χ0n) is 15.3. The monoisotopic (exact) mass is 484 g/mol. The van der Waals surface area contributed by atoms with Gasteiger partial charge < -0.3 is 9.30 Å². The van der Waals surface area contributed by atoms with Crippen molar-refractivity contribution in [3.63, 3.8) is 0 Å². The molecular weight excluding hydrogens is 458 g/mol. The summed E-state index contributed by atoms with van der Waals surface area (Å²) in [4.78, 5) is 0. The minimum Gasteiger partial charge on any atom is -0.378 e. The molecule has 0 aliphatic heterocycles. The lowest BCUT2D eigenvalue weighted by molar-refractivity contribution is 0.174. The van der Waals surface area contributed by atoms with Gasteiger partial charge >= 0.3 is 0 Å². The van der Waals surface area contributed by atoms with Crippen molar-refractivity contribution < 1.29 is 9.30 Å². The molecule has 25 heavy (non-hydrogen) atoms. The van der Waals surface area contributed by atoms with Crippen LogP contribution in [-0.2, 0) is 9.30 Å². The minimum atomic E-state index is -2.89. The van der Waals surface area contributed by atoms with Gasteiger partial charge in [-0.05, 0) is 34.7 Å². The maximum absolute atomic E-state index is 14.5. The van der Waals surface area contributed by atoms with Gasteiger partial charge in [0, 0.05) is 17.2 Å². The summed E-state index contributed by atoms with van der Waals surface area (Å²) in [5.41, 5.74) is 0. The summed E-state index contributed by atoms with van der Waals surface area (Å²) in [5.74, 6) is 0. The number of hydrogen-bond acceptors (Lipinski definition) is 2. The molecule has 0 aliphatic carbocycles. The third-order valence-electron chi connectivity index (χ3n) is 4.12. The van der Waals surface area contributed by atoms with E-state index >= 15 is 0 Å². The van der Waals surface area contributed by atoms with Gasteiger partial charge in [-0.3, -0.25) is 0 Å². The standard InChI is InChI=1S/C20H26IO2PSi/c1-5-23-16-19(25(2,3)4)20(21)24(22,17-12-8-6-9-13-17)18-14-10-7-11-15-18/h6-15H,5,16H2,1-4H3/b20-19+. The Labute approximate surface area is 166 Å². The Balaban J connectivity index is 2.75. The molecule has 0 N–H and O–H groups in total. The molecule has 0 unspecified atom stereocenters. The molecule has 0 atom stereocenters. The van der Waals surface area contributed by atoms with Crippen molar-refractivity contribution >= 4 is 48.4 Å². The number of halogens is 1. The number of ether oxygens (including phenoxy) is 1. The first-order valence-corrected chi connectivity index (χ1v) is 14.8. The molecule has 0 heterocycles. The van der Waals surface area contributed by atoms with E-state index in [1.165, 1.54) is 5.20 Å². The van der Waals surface area contributed by atoms with Crippen LogP contribution in [0.1, 0.15) is 6.92 Å². The Morgan fingerprint density at radius 1 is 0.960 bits per heavy atom. The van der Waals surface area contributed by atoms with Crippen LogP contribution in [0.2, 0.25) is 19.6 Å². The second-order valence-electron chi connectivity index (χ2n) is 6.94. The molecule has 0 saturated heterocycles. The average Bonchev–Trinajstić information content (AvgIpc) is 2.61. The quantitative estimate of drug-likeness (QED) is 0.292. The van der Waals surface area contributed by atoms with Gasteiger partial charge in [-0.2, -0.15) is 0 Å². The van der Waals surface area contributed by atoms with Crippen molar-refractivity contribution in [2.75, 3.05) is 13.2 Å². The van der Waals surface area contributed by atoms with E-state index in [0.29, 0.717) is 13.2 Å². The number of benzene rings is 2. The van der Waals surface area contributed by atoms with E-state index in [-0.39, 0.29) is 0 Å². The molecule has 2 rings (SSSR count). The smallest absolute Gasteiger partial charge is 0.176 e. The Morgan fingerprint density at radius 3 is 1.76 bits per heavy atom. The molecule has 0 spiro atoms. The normalized spacial score (nSPS) is 13.5. The summed E-state index contributed by atoms with van der Waals surface area (Å²) in [7, 11) is -4.57. The van der Waals surface area contributed by atoms with Gasteiger partial charge in [0.25, 0.3) is 0 Å². The molecule has 2 nitrogen and oxygen atoms in total. The van der Waals surface area contributed by atoms with E-state index < -0.39 is 15.2 Å². The van der Waals surface area contributed by atoms with Crippen molar-refractivity contribution in [1.29, 1.82) is 0 Å². The summed E-state index contributed by atoms with van der Waals surface area (Å²) >= 11 is 2.33. The summed E-state index contributed by atoms with van der Waals surface area (Å²) in [6.07, 6.45) is 0. The van der Waals surface area contributed by atoms with Gasteiger partial charge in [0.15, 0.2) is 7.14 Å². The highest BCUT2D eigenvalue weighted by molar-refractivity contribution is 14.1. The molecular formula is C20H26IO2PSi. The van der Waals surface area contributed by atoms with Gasteiger partial charge in [-0.1, -0.05) is 80.3 Å². The van der Waals surface area contributed by atoms with Crippen LogP contribution in [0.3, 0.4) is 0 Å². The lowest BCUT2D eigenvalue weighted by Crippen LogP contribution is -2.30. The summed E-state index contributed by atoms with van der Waals surface area (Å²) in [5, 5.41) is 3.02. The molecule has 0 bridgehead atoms. The lowest BCUT2D eigenvalue weighted by atomic mass is 10.4. The predicted octanol–water partition coefficient (Wildman–Crippen LogP) is 5.56. The van der Waals surface area contributed by atoms with Crippen LogP contribution in [-0.4, -0.2) is 21.3 Å². The van der Waals surface area contributed by atoms with Crippen LogP contribution in [0, 0.1) is 0 Å². The number of hydrogen-bond donors (Lipinski definition) is 0. The average molecular weight is 484 g/mol. The van der Waals surface area contributed by atoms with Gasteiger partial charge in [0.2, 0.25) is 0 Å². The number of rotatable bonds is 7. The fourth-order valence-corrected chi connectivity index (χ4v) is 11.9. The Kier molecular flexibility index (Phi) is 7.26. The maximum atomic E-state index is 14.5. The molecule has 0 amide bonds. The fraction of sp³-hybridized carbons (Fsp3) is 0.300. The first-order valence-electron chi connectivity index (χ1n) is 8.50. The third kappa shape index (κ3) is 4.73. The predicted molar refractivity (Wildman–Crippen MR) is 121 cm³/mol. The van der Waals surface area contributed by atoms with E-state index in [2.05, 4.69) is 42.2 Å². The topological polar surface area (TPSA) is 26.3 Å². The van der Waals surface area contributed by atoms with Crippen LogP contribution >= 0.6 is 29.7 Å². The fourth-order valence-electron chi connectivity index (χ4n) is 2.63. The second kappa shape index (κ2) is 8.80. The SMILES string of the molecule is CCOC/C(=C(/I)P(=O)(c1ccccc1)c1ccccc1)[Si](C)(C)C. The second-order valence-corrected chi connectivity index (χ2v) is 16.7. The Bertz CT molecular complexity index is 724. The van der Waals surface area contributed by atoms with Crippen LogP contribution < -0.4 is 10.6 Å². The molecule has 0 aliphatic rings. The first kappa shape index (κ1) is 20.6. The lowest BCUT2D eigenvalue weighted by Gasteiger charge is -2.28. The largest absolute Gasteiger partial charge is 0.378 e. The van der Waals surface area contributed by atoms with Crippen LogP contribution in [0.4, 0.5) is 0 Å². The Hall–Kier alpha value is -0.683. The summed E-state index contributed by atoms with van der Waals surface area (Å²) in [6, 6.07) is 19.7. The Morgan fingerprint density at radius 2 is 1.40 bits per heavy atom. The van der Waals surface area contributed by atoms with E-state index in [1.54, 1.807) is 0 Å². The van der Waals surface area contributed by atoms with Gasteiger partial charge in [-0.15, -0.1) is 0 Å². The van der Waals surface area contributed by atoms with Crippen LogP contribution in [0.25, 0.3) is 0 Å². The molecule has 0 fully saturated rings. The van der Waals surface area contributed by atoms with E-state index in [9.17, 15) is 4.57 Å². The first-order chi connectivity index (χ1) is 11.8. The van der Waals surface area contributed by atoms with Gasteiger partial charge in [0.05, 0.1) is 18.0 Å². The van der Waals surface area contributed by atoms with E-state index in [0.717, 1.165) is 13.9 Å². The third-order valence-corrected chi connectivity index (χ3v) is 12.6. The molecule has 2 aromatic rings. The molecule has 134 valence electrons. The maximum Gasteiger partial charge on any atom is 0.176 e. The minimum absolute atomic E-state index is 0.564. The van der Waals surface area contributed by atoms with E-state index in [4.69, 9.17) is 4.74 Å². The zero-order chi connectivity index (χ0) is 18.5.